The summed E-state index contributed by atoms with van der Waals surface area (Å²) >= 11 is 0. The molecule has 0 unspecified atom stereocenters. The van der Waals surface area contributed by atoms with Crippen LogP contribution < -0.4 is 14.4 Å². The second kappa shape index (κ2) is 15.6. The molecule has 4 aromatic carbocycles. The van der Waals surface area contributed by atoms with Crippen molar-refractivity contribution < 1.29 is 22.7 Å². The second-order valence-corrected chi connectivity index (χ2v) is 13.7. The van der Waals surface area contributed by atoms with Crippen LogP contribution in [0.2, 0.25) is 0 Å². The van der Waals surface area contributed by atoms with E-state index in [1.807, 2.05) is 82.3 Å². The van der Waals surface area contributed by atoms with E-state index >= 15 is 0 Å². The summed E-state index contributed by atoms with van der Waals surface area (Å²) in [6.07, 6.45) is 0.256. The number of nitrogens with one attached hydrogen (secondary N) is 1. The minimum absolute atomic E-state index is 0.0503. The summed E-state index contributed by atoms with van der Waals surface area (Å²) in [5, 5.41) is 3.01. The second-order valence-electron chi connectivity index (χ2n) is 11.9. The molecule has 0 heterocycles. The Morgan fingerprint density at radius 3 is 2.04 bits per heavy atom. The van der Waals surface area contributed by atoms with E-state index in [2.05, 4.69) is 5.32 Å². The molecule has 0 radical (unpaired) electrons. The first-order valence-corrected chi connectivity index (χ1v) is 16.8. The van der Waals surface area contributed by atoms with Crippen molar-refractivity contribution in [1.29, 1.82) is 0 Å². The van der Waals surface area contributed by atoms with Crippen LogP contribution in [0.1, 0.15) is 36.1 Å². The summed E-state index contributed by atoms with van der Waals surface area (Å²) in [6.45, 7) is 7.88. The number of carbonyl (C=O) groups is 2. The van der Waals surface area contributed by atoms with Crippen LogP contribution >= 0.6 is 0 Å². The molecule has 9 heteroatoms. The van der Waals surface area contributed by atoms with Crippen LogP contribution in [0, 0.1) is 19.8 Å². The lowest BCUT2D eigenvalue weighted by Gasteiger charge is -2.34. The van der Waals surface area contributed by atoms with Gasteiger partial charge in [0.25, 0.3) is 10.0 Å². The maximum absolute atomic E-state index is 14.6. The van der Waals surface area contributed by atoms with Crippen LogP contribution in [0.3, 0.4) is 0 Å². The summed E-state index contributed by atoms with van der Waals surface area (Å²) in [5.41, 5.74) is 3.94. The number of sulfonamides is 1. The van der Waals surface area contributed by atoms with Crippen LogP contribution in [0.15, 0.2) is 108 Å². The Bertz CT molecular complexity index is 1710. The molecular formula is C37H43N3O5S. The Hall–Kier alpha value is -4.63. The van der Waals surface area contributed by atoms with Crippen LogP contribution in [0.25, 0.3) is 0 Å². The number of anilines is 1. The van der Waals surface area contributed by atoms with Gasteiger partial charge in [-0.15, -0.1) is 0 Å². The van der Waals surface area contributed by atoms with Gasteiger partial charge in [0.2, 0.25) is 11.8 Å². The number of rotatable bonds is 14. The van der Waals surface area contributed by atoms with E-state index in [0.29, 0.717) is 12.3 Å². The van der Waals surface area contributed by atoms with Gasteiger partial charge in [0.05, 0.1) is 17.7 Å². The van der Waals surface area contributed by atoms with Gasteiger partial charge >= 0.3 is 0 Å². The highest BCUT2D eigenvalue weighted by Crippen LogP contribution is 2.28. The third-order valence-corrected chi connectivity index (χ3v) is 9.45. The van der Waals surface area contributed by atoms with Gasteiger partial charge in [-0.25, -0.2) is 8.42 Å². The van der Waals surface area contributed by atoms with Crippen molar-refractivity contribution >= 4 is 27.5 Å². The van der Waals surface area contributed by atoms with Crippen LogP contribution in [0.4, 0.5) is 5.69 Å². The number of amides is 2. The molecule has 1 N–H and O–H groups in total. The zero-order valence-electron chi connectivity index (χ0n) is 27.1. The van der Waals surface area contributed by atoms with Crippen LogP contribution in [-0.4, -0.2) is 51.4 Å². The van der Waals surface area contributed by atoms with E-state index in [-0.39, 0.29) is 35.4 Å². The van der Waals surface area contributed by atoms with Crippen molar-refractivity contribution in [2.75, 3.05) is 24.5 Å². The number of benzene rings is 4. The normalized spacial score (nSPS) is 12.0. The number of ether oxygens (including phenoxy) is 1. The lowest BCUT2D eigenvalue weighted by atomic mass is 10.0. The summed E-state index contributed by atoms with van der Waals surface area (Å²) < 4.78 is 34.9. The lowest BCUT2D eigenvalue weighted by Crippen LogP contribution is -2.53. The number of carbonyl (C=O) groups excluding carboxylic acids is 2. The van der Waals surface area contributed by atoms with Gasteiger partial charge in [0, 0.05) is 25.6 Å². The zero-order valence-corrected chi connectivity index (χ0v) is 28.0. The molecule has 0 aliphatic rings. The molecule has 0 aromatic heterocycles. The molecule has 0 fully saturated rings. The van der Waals surface area contributed by atoms with Gasteiger partial charge in [-0.05, 0) is 55.2 Å². The highest BCUT2D eigenvalue weighted by atomic mass is 32.2. The van der Waals surface area contributed by atoms with Gasteiger partial charge in [-0.1, -0.05) is 97.8 Å². The molecule has 2 amide bonds. The van der Waals surface area contributed by atoms with E-state index in [9.17, 15) is 18.0 Å². The lowest BCUT2D eigenvalue weighted by molar-refractivity contribution is -0.140. The molecule has 0 aliphatic heterocycles. The number of aryl methyl sites for hydroxylation is 2. The third kappa shape index (κ3) is 8.97. The number of hydrogen-bond acceptors (Lipinski definition) is 5. The van der Waals surface area contributed by atoms with Crippen LogP contribution in [-0.2, 0) is 32.6 Å². The summed E-state index contributed by atoms with van der Waals surface area (Å²) in [7, 11) is -2.70. The standard InChI is InChI=1S/C37H43N3O5S/c1-27(2)24-38-37(42)35(22-30-10-7-6-8-11-30)39(25-31-18-14-28(3)15-19-31)36(41)26-40(32-12-9-13-33(23-32)45-5)46(43,44)34-20-16-29(4)17-21-34/h6-21,23,27,35H,22,24-26H2,1-5H3,(H,38,42)/t35-/m1/s1. The molecule has 0 saturated carbocycles. The molecule has 8 nitrogen and oxygen atoms in total. The van der Waals surface area contributed by atoms with Gasteiger partial charge < -0.3 is 15.0 Å². The molecule has 242 valence electrons. The van der Waals surface area contributed by atoms with Crippen molar-refractivity contribution in [3.8, 4) is 5.75 Å². The maximum Gasteiger partial charge on any atom is 0.264 e. The summed E-state index contributed by atoms with van der Waals surface area (Å²) in [4.78, 5) is 30.0. The van der Waals surface area contributed by atoms with E-state index < -0.39 is 28.5 Å². The zero-order chi connectivity index (χ0) is 33.3. The Balaban J connectivity index is 1.81. The van der Waals surface area contributed by atoms with E-state index in [4.69, 9.17) is 4.74 Å². The molecule has 4 rings (SSSR count). The predicted octanol–water partition coefficient (Wildman–Crippen LogP) is 5.92. The first-order chi connectivity index (χ1) is 22.0. The van der Waals surface area contributed by atoms with Crippen LogP contribution in [0.5, 0.6) is 5.75 Å². The van der Waals surface area contributed by atoms with Crippen molar-refractivity contribution in [1.82, 2.24) is 10.2 Å². The molecular weight excluding hydrogens is 598 g/mol. The quantitative estimate of drug-likeness (QED) is 0.185. The Morgan fingerprint density at radius 2 is 1.43 bits per heavy atom. The van der Waals surface area contributed by atoms with Gasteiger partial charge in [-0.2, -0.15) is 0 Å². The SMILES string of the molecule is COc1cccc(N(CC(=O)N(Cc2ccc(C)cc2)[C@H](Cc2ccccc2)C(=O)NCC(C)C)S(=O)(=O)c2ccc(C)cc2)c1. The molecule has 46 heavy (non-hydrogen) atoms. The maximum atomic E-state index is 14.6. The summed E-state index contributed by atoms with van der Waals surface area (Å²) in [6, 6.07) is 29.5. The minimum atomic E-state index is -4.20. The smallest absolute Gasteiger partial charge is 0.264 e. The Labute approximate surface area is 273 Å². The minimum Gasteiger partial charge on any atom is -0.497 e. The molecule has 0 aliphatic carbocycles. The Morgan fingerprint density at radius 1 is 0.804 bits per heavy atom. The topological polar surface area (TPSA) is 96.0 Å². The van der Waals surface area contributed by atoms with Crippen molar-refractivity contribution in [3.05, 3.63) is 125 Å². The molecule has 0 spiro atoms. The van der Waals surface area contributed by atoms with Gasteiger partial charge in [-0.3, -0.25) is 13.9 Å². The van der Waals surface area contributed by atoms with E-state index in [0.717, 1.165) is 26.6 Å². The third-order valence-electron chi connectivity index (χ3n) is 7.66. The average Bonchev–Trinajstić information content (AvgIpc) is 3.05. The highest BCUT2D eigenvalue weighted by Gasteiger charge is 2.34. The molecule has 0 saturated heterocycles. The molecule has 4 aromatic rings. The average molecular weight is 642 g/mol. The molecule has 1 atom stereocenters. The van der Waals surface area contributed by atoms with Crippen molar-refractivity contribution in [2.24, 2.45) is 5.92 Å². The highest BCUT2D eigenvalue weighted by molar-refractivity contribution is 7.92. The van der Waals surface area contributed by atoms with E-state index in [1.165, 1.54) is 24.1 Å². The first kappa shape index (κ1) is 34.2. The van der Waals surface area contributed by atoms with Crippen molar-refractivity contribution in [2.45, 2.75) is 51.6 Å². The largest absolute Gasteiger partial charge is 0.497 e. The van der Waals surface area contributed by atoms with Gasteiger partial charge in [0.1, 0.15) is 18.3 Å². The fourth-order valence-corrected chi connectivity index (χ4v) is 6.40. The fraction of sp³-hybridized carbons (Fsp3) is 0.297. The van der Waals surface area contributed by atoms with Crippen molar-refractivity contribution in [3.63, 3.8) is 0 Å². The molecule has 0 bridgehead atoms. The number of methoxy groups -OCH3 is 1. The Kier molecular flexibility index (Phi) is 11.6. The monoisotopic (exact) mass is 641 g/mol. The fourth-order valence-electron chi connectivity index (χ4n) is 5.00. The van der Waals surface area contributed by atoms with E-state index in [1.54, 1.807) is 36.4 Å². The van der Waals surface area contributed by atoms with Gasteiger partial charge in [0.15, 0.2) is 0 Å². The number of nitrogens with zero attached hydrogens (tertiary/aromatic N) is 2. The number of hydrogen-bond donors (Lipinski definition) is 1. The first-order valence-electron chi connectivity index (χ1n) is 15.4. The predicted molar refractivity (Wildman–Crippen MR) is 182 cm³/mol. The summed E-state index contributed by atoms with van der Waals surface area (Å²) in [5.74, 6) is -0.168.